The van der Waals surface area contributed by atoms with Crippen molar-refractivity contribution in [2.75, 3.05) is 13.1 Å². The molecule has 36 heavy (non-hydrogen) atoms. The molecule has 0 amide bonds. The predicted octanol–water partition coefficient (Wildman–Crippen LogP) is 5.20. The van der Waals surface area contributed by atoms with E-state index in [0.29, 0.717) is 19.5 Å². The number of halogens is 2. The lowest BCUT2D eigenvalue weighted by molar-refractivity contribution is 0.282. The quantitative estimate of drug-likeness (QED) is 0.370. The Morgan fingerprint density at radius 2 is 1.67 bits per heavy atom. The van der Waals surface area contributed by atoms with Gasteiger partial charge in [-0.05, 0) is 66.6 Å². The Balaban J connectivity index is 1.48. The fourth-order valence-corrected chi connectivity index (χ4v) is 6.41. The summed E-state index contributed by atoms with van der Waals surface area (Å²) in [6.07, 6.45) is 9.39. The van der Waals surface area contributed by atoms with E-state index in [2.05, 4.69) is 15.0 Å². The predicted molar refractivity (Wildman–Crippen MR) is 137 cm³/mol. The van der Waals surface area contributed by atoms with Crippen LogP contribution in [0.15, 0.2) is 78.0 Å². The molecule has 1 aromatic heterocycles. The second kappa shape index (κ2) is 12.5. The molecule has 1 fully saturated rings. The normalized spacial score (nSPS) is 16.5. The van der Waals surface area contributed by atoms with Crippen LogP contribution in [0.1, 0.15) is 49.1 Å². The molecular weight excluding hydrogens is 480 g/mol. The Morgan fingerprint density at radius 3 is 2.36 bits per heavy atom. The van der Waals surface area contributed by atoms with Crippen molar-refractivity contribution in [1.82, 2.24) is 15.0 Å². The fraction of sp³-hybridized carbons (Fsp3) is 0.393. The average Bonchev–Trinajstić information content (AvgIpc) is 2.89. The van der Waals surface area contributed by atoms with Crippen LogP contribution in [-0.4, -0.2) is 32.5 Å². The van der Waals surface area contributed by atoms with Gasteiger partial charge in [0.05, 0.1) is 0 Å². The van der Waals surface area contributed by atoms with Crippen LogP contribution in [0, 0.1) is 17.6 Å². The van der Waals surface area contributed by atoms with E-state index in [-0.39, 0.29) is 28.6 Å². The topological polar surface area (TPSA) is 71.1 Å². The van der Waals surface area contributed by atoms with Crippen molar-refractivity contribution in [2.45, 2.75) is 55.4 Å². The van der Waals surface area contributed by atoms with Gasteiger partial charge in [-0.3, -0.25) is 4.98 Å². The van der Waals surface area contributed by atoms with Gasteiger partial charge in [-0.25, -0.2) is 21.9 Å². The molecule has 1 aliphatic rings. The maximum Gasteiger partial charge on any atom is 0.243 e. The minimum absolute atomic E-state index is 0.0463. The van der Waals surface area contributed by atoms with Crippen LogP contribution in [0.5, 0.6) is 0 Å². The highest BCUT2D eigenvalue weighted by atomic mass is 32.2. The molecule has 0 saturated heterocycles. The standard InChI is InChI=1S/C28H33F2N3O2S/c29-25-14-12-22(13-15-25)24(17-21-7-6-16-31-18-21)19-32-20-27(23-8-2-1-3-9-23)33-36(34,35)28-11-5-4-10-26(28)30/h4-7,10-16,18,23-24,27,32-33H,1-3,8-9,17,19-20H2. The van der Waals surface area contributed by atoms with Gasteiger partial charge in [0.15, 0.2) is 0 Å². The van der Waals surface area contributed by atoms with Gasteiger partial charge in [0, 0.05) is 37.4 Å². The molecule has 2 unspecified atom stereocenters. The molecule has 1 saturated carbocycles. The third kappa shape index (κ3) is 7.18. The van der Waals surface area contributed by atoms with E-state index < -0.39 is 15.8 Å². The van der Waals surface area contributed by atoms with Crippen molar-refractivity contribution in [3.63, 3.8) is 0 Å². The number of benzene rings is 2. The Bertz CT molecular complexity index is 1200. The van der Waals surface area contributed by atoms with E-state index in [1.807, 2.05) is 18.3 Å². The van der Waals surface area contributed by atoms with Gasteiger partial charge in [0.25, 0.3) is 0 Å². The molecular formula is C28H33F2N3O2S. The van der Waals surface area contributed by atoms with Crippen molar-refractivity contribution in [3.8, 4) is 0 Å². The number of nitrogens with zero attached hydrogens (tertiary/aromatic N) is 1. The van der Waals surface area contributed by atoms with Crippen molar-refractivity contribution in [2.24, 2.45) is 5.92 Å². The Kier molecular flexibility index (Phi) is 9.18. The van der Waals surface area contributed by atoms with Crippen molar-refractivity contribution < 1.29 is 17.2 Å². The first-order chi connectivity index (χ1) is 17.4. The minimum Gasteiger partial charge on any atom is -0.315 e. The maximum atomic E-state index is 14.3. The van der Waals surface area contributed by atoms with E-state index in [4.69, 9.17) is 0 Å². The molecule has 1 heterocycles. The summed E-state index contributed by atoms with van der Waals surface area (Å²) in [5.41, 5.74) is 2.06. The van der Waals surface area contributed by atoms with E-state index in [0.717, 1.165) is 49.3 Å². The summed E-state index contributed by atoms with van der Waals surface area (Å²) in [7, 11) is -4.01. The third-order valence-corrected chi connectivity index (χ3v) is 8.48. The van der Waals surface area contributed by atoms with Gasteiger partial charge in [-0.1, -0.05) is 49.6 Å². The Labute approximate surface area is 212 Å². The van der Waals surface area contributed by atoms with Gasteiger partial charge in [-0.2, -0.15) is 0 Å². The van der Waals surface area contributed by atoms with Crippen LogP contribution >= 0.6 is 0 Å². The molecule has 4 rings (SSSR count). The molecule has 0 spiro atoms. The number of rotatable bonds is 11. The lowest BCUT2D eigenvalue weighted by Gasteiger charge is -2.31. The summed E-state index contributed by atoms with van der Waals surface area (Å²) in [4.78, 5) is 3.88. The first kappa shape index (κ1) is 26.4. The molecule has 2 N–H and O–H groups in total. The second-order valence-electron chi connectivity index (χ2n) is 9.53. The Hall–Kier alpha value is -2.68. The van der Waals surface area contributed by atoms with E-state index >= 15 is 0 Å². The molecule has 2 atom stereocenters. The van der Waals surface area contributed by atoms with Gasteiger partial charge in [0.1, 0.15) is 16.5 Å². The molecule has 2 aromatic carbocycles. The zero-order valence-corrected chi connectivity index (χ0v) is 21.1. The first-order valence-electron chi connectivity index (χ1n) is 12.5. The van der Waals surface area contributed by atoms with Crippen molar-refractivity contribution >= 4 is 10.0 Å². The zero-order valence-electron chi connectivity index (χ0n) is 20.2. The van der Waals surface area contributed by atoms with Crippen LogP contribution in [-0.2, 0) is 16.4 Å². The monoisotopic (exact) mass is 513 g/mol. The number of hydrogen-bond acceptors (Lipinski definition) is 4. The summed E-state index contributed by atoms with van der Waals surface area (Å²) >= 11 is 0. The largest absolute Gasteiger partial charge is 0.315 e. The summed E-state index contributed by atoms with van der Waals surface area (Å²) < 4.78 is 56.8. The molecule has 0 bridgehead atoms. The highest BCUT2D eigenvalue weighted by molar-refractivity contribution is 7.89. The van der Waals surface area contributed by atoms with E-state index in [9.17, 15) is 17.2 Å². The molecule has 3 aromatic rings. The number of aromatic nitrogens is 1. The highest BCUT2D eigenvalue weighted by Crippen LogP contribution is 2.28. The minimum atomic E-state index is -4.01. The third-order valence-electron chi connectivity index (χ3n) is 6.95. The molecule has 0 aliphatic heterocycles. The van der Waals surface area contributed by atoms with Gasteiger partial charge >= 0.3 is 0 Å². The first-order valence-corrected chi connectivity index (χ1v) is 14.0. The second-order valence-corrected chi connectivity index (χ2v) is 11.2. The number of pyridine rings is 1. The number of sulfonamides is 1. The van der Waals surface area contributed by atoms with Gasteiger partial charge < -0.3 is 5.32 Å². The average molecular weight is 514 g/mol. The van der Waals surface area contributed by atoms with E-state index in [1.165, 1.54) is 30.3 Å². The van der Waals surface area contributed by atoms with Crippen LogP contribution in [0.4, 0.5) is 8.78 Å². The maximum absolute atomic E-state index is 14.3. The summed E-state index contributed by atoms with van der Waals surface area (Å²) in [5, 5.41) is 3.47. The molecule has 192 valence electrons. The SMILES string of the molecule is O=S(=O)(NC(CNCC(Cc1cccnc1)c1ccc(F)cc1)C1CCCCC1)c1ccccc1F. The number of nitrogens with one attached hydrogen (secondary N) is 2. The molecule has 8 heteroatoms. The van der Waals surface area contributed by atoms with Crippen LogP contribution in [0.2, 0.25) is 0 Å². The van der Waals surface area contributed by atoms with Gasteiger partial charge in [0.2, 0.25) is 10.0 Å². The molecule has 1 aliphatic carbocycles. The number of hydrogen-bond donors (Lipinski definition) is 2. The van der Waals surface area contributed by atoms with Crippen LogP contribution in [0.25, 0.3) is 0 Å². The lowest BCUT2D eigenvalue weighted by Crippen LogP contribution is -2.48. The fourth-order valence-electron chi connectivity index (χ4n) is 5.03. The van der Waals surface area contributed by atoms with Crippen molar-refractivity contribution in [1.29, 1.82) is 0 Å². The Morgan fingerprint density at radius 1 is 0.917 bits per heavy atom. The van der Waals surface area contributed by atoms with Crippen LogP contribution in [0.3, 0.4) is 0 Å². The van der Waals surface area contributed by atoms with Crippen molar-refractivity contribution in [3.05, 3.63) is 95.8 Å². The summed E-state index contributed by atoms with van der Waals surface area (Å²) in [6.45, 7) is 0.994. The molecule has 0 radical (unpaired) electrons. The van der Waals surface area contributed by atoms with E-state index in [1.54, 1.807) is 18.3 Å². The van der Waals surface area contributed by atoms with Crippen LogP contribution < -0.4 is 10.0 Å². The molecule has 5 nitrogen and oxygen atoms in total. The lowest BCUT2D eigenvalue weighted by atomic mass is 9.84. The summed E-state index contributed by atoms with van der Waals surface area (Å²) in [5.74, 6) is -0.819. The highest BCUT2D eigenvalue weighted by Gasteiger charge is 2.29. The summed E-state index contributed by atoms with van der Waals surface area (Å²) in [6, 6.07) is 15.5. The van der Waals surface area contributed by atoms with Gasteiger partial charge in [-0.15, -0.1) is 0 Å². The zero-order chi connectivity index (χ0) is 25.4. The smallest absolute Gasteiger partial charge is 0.243 e.